The molecule has 0 unspecified atom stereocenters. The van der Waals surface area contributed by atoms with E-state index in [1.165, 1.54) is 24.8 Å². The molecule has 1 aromatic carbocycles. The lowest BCUT2D eigenvalue weighted by atomic mass is 9.97. The molecule has 1 fully saturated rings. The minimum atomic E-state index is 0.234. The number of allylic oxidation sites excluding steroid dienone is 4. The molecule has 0 bridgehead atoms. The lowest BCUT2D eigenvalue weighted by Crippen LogP contribution is -2.16. The summed E-state index contributed by atoms with van der Waals surface area (Å²) in [6, 6.07) is 14.4. The van der Waals surface area contributed by atoms with Crippen molar-refractivity contribution in [3.05, 3.63) is 103 Å². The van der Waals surface area contributed by atoms with Crippen LogP contribution in [-0.2, 0) is 4.74 Å². The second kappa shape index (κ2) is 11.8. The lowest BCUT2D eigenvalue weighted by molar-refractivity contribution is 0.0900. The molecule has 0 saturated heterocycles. The van der Waals surface area contributed by atoms with Crippen molar-refractivity contribution in [2.75, 3.05) is 0 Å². The summed E-state index contributed by atoms with van der Waals surface area (Å²) in [5.74, 6) is 0.816. The Balaban J connectivity index is 1.41. The van der Waals surface area contributed by atoms with Gasteiger partial charge in [0.15, 0.2) is 5.65 Å². The third-order valence-corrected chi connectivity index (χ3v) is 7.48. The van der Waals surface area contributed by atoms with Gasteiger partial charge in [0.05, 0.1) is 17.5 Å². The van der Waals surface area contributed by atoms with Gasteiger partial charge < -0.3 is 15.5 Å². The number of fused-ring (bicyclic) bond motifs is 2. The Labute approximate surface area is 239 Å². The van der Waals surface area contributed by atoms with Crippen molar-refractivity contribution < 1.29 is 4.74 Å². The van der Waals surface area contributed by atoms with E-state index in [0.29, 0.717) is 5.65 Å². The number of hydrogen-bond donors (Lipinski definition) is 2. The standard InChI is InChI=1S/C34H34N6O/c1-22(2)14-27(41-26-9-4-3-5-10-26)15-24(18-35)25-16-30-33(38-21-39-34(30)37-20-25)32-17-29-28(11-6-12-31(29)40-32)23-8-7-13-36-19-23/h6-8,11-21,26,40H,3-5,9-10,35H2,1-2H3/b24-18+,27-15+. The van der Waals surface area contributed by atoms with E-state index in [1.807, 2.05) is 24.4 Å². The van der Waals surface area contributed by atoms with Crippen molar-refractivity contribution in [3.8, 4) is 22.5 Å². The van der Waals surface area contributed by atoms with Crippen LogP contribution >= 0.6 is 0 Å². The molecule has 4 heterocycles. The van der Waals surface area contributed by atoms with Crippen LogP contribution < -0.4 is 5.73 Å². The van der Waals surface area contributed by atoms with Crippen LogP contribution in [0.3, 0.4) is 0 Å². The van der Waals surface area contributed by atoms with E-state index in [1.54, 1.807) is 24.9 Å². The molecule has 6 rings (SSSR count). The molecule has 0 aliphatic heterocycles. The van der Waals surface area contributed by atoms with Gasteiger partial charge in [0.2, 0.25) is 0 Å². The monoisotopic (exact) mass is 542 g/mol. The molecule has 3 N–H and O–H groups in total. The molecule has 1 aliphatic rings. The predicted molar refractivity (Wildman–Crippen MR) is 165 cm³/mol. The summed E-state index contributed by atoms with van der Waals surface area (Å²) in [5.41, 5.74) is 14.5. The molecule has 7 heteroatoms. The summed E-state index contributed by atoms with van der Waals surface area (Å²) in [4.78, 5) is 21.7. The summed E-state index contributed by atoms with van der Waals surface area (Å²) < 4.78 is 6.45. The highest BCUT2D eigenvalue weighted by Gasteiger charge is 2.17. The number of H-pyrrole nitrogens is 1. The van der Waals surface area contributed by atoms with Gasteiger partial charge in [-0.1, -0.05) is 30.2 Å². The van der Waals surface area contributed by atoms with E-state index in [-0.39, 0.29) is 6.10 Å². The van der Waals surface area contributed by atoms with Crippen molar-refractivity contribution in [1.29, 1.82) is 0 Å². The summed E-state index contributed by atoms with van der Waals surface area (Å²) >= 11 is 0. The van der Waals surface area contributed by atoms with E-state index < -0.39 is 0 Å². The van der Waals surface area contributed by atoms with Gasteiger partial charge in [0, 0.05) is 57.8 Å². The van der Waals surface area contributed by atoms with Gasteiger partial charge in [0.25, 0.3) is 0 Å². The fourth-order valence-electron chi connectivity index (χ4n) is 5.53. The molecule has 1 aliphatic carbocycles. The van der Waals surface area contributed by atoms with Crippen molar-refractivity contribution in [2.45, 2.75) is 52.1 Å². The molecule has 41 heavy (non-hydrogen) atoms. The molecule has 1 saturated carbocycles. The predicted octanol–water partition coefficient (Wildman–Crippen LogP) is 7.73. The maximum atomic E-state index is 6.45. The Morgan fingerprint density at radius 2 is 1.83 bits per heavy atom. The van der Waals surface area contributed by atoms with E-state index >= 15 is 0 Å². The highest BCUT2D eigenvalue weighted by Crippen LogP contribution is 2.34. The number of nitrogens with one attached hydrogen (secondary N) is 1. The molecular formula is C34H34N6O. The number of pyridine rings is 2. The number of aromatic amines is 1. The second-order valence-electron chi connectivity index (χ2n) is 10.8. The Morgan fingerprint density at radius 3 is 2.61 bits per heavy atom. The Hall–Kier alpha value is -4.78. The normalized spacial score (nSPS) is 14.9. The molecule has 5 aromatic rings. The summed E-state index contributed by atoms with van der Waals surface area (Å²) in [7, 11) is 0. The van der Waals surface area contributed by atoms with E-state index in [0.717, 1.165) is 68.5 Å². The number of aromatic nitrogens is 5. The van der Waals surface area contributed by atoms with Gasteiger partial charge in [-0.3, -0.25) is 4.98 Å². The van der Waals surface area contributed by atoms with Crippen LogP contribution in [0.25, 0.3) is 50.0 Å². The van der Waals surface area contributed by atoms with Crippen LogP contribution in [0.1, 0.15) is 51.5 Å². The quantitative estimate of drug-likeness (QED) is 0.161. The van der Waals surface area contributed by atoms with Crippen molar-refractivity contribution in [3.63, 3.8) is 0 Å². The van der Waals surface area contributed by atoms with E-state index in [4.69, 9.17) is 10.5 Å². The van der Waals surface area contributed by atoms with Crippen LogP contribution in [0.2, 0.25) is 0 Å². The zero-order valence-electron chi connectivity index (χ0n) is 23.5. The third kappa shape index (κ3) is 5.75. The first-order valence-corrected chi connectivity index (χ1v) is 14.2. The Bertz CT molecular complexity index is 1770. The fourth-order valence-corrected chi connectivity index (χ4v) is 5.53. The first kappa shape index (κ1) is 26.4. The number of nitrogens with zero attached hydrogens (tertiary/aromatic N) is 4. The first-order chi connectivity index (χ1) is 20.1. The highest BCUT2D eigenvalue weighted by atomic mass is 16.5. The van der Waals surface area contributed by atoms with E-state index in [2.05, 4.69) is 75.2 Å². The van der Waals surface area contributed by atoms with Gasteiger partial charge in [-0.2, -0.15) is 0 Å². The largest absolute Gasteiger partial charge is 0.490 e. The summed E-state index contributed by atoms with van der Waals surface area (Å²) in [6.45, 7) is 4.15. The molecular weight excluding hydrogens is 508 g/mol. The number of rotatable bonds is 7. The average molecular weight is 543 g/mol. The second-order valence-corrected chi connectivity index (χ2v) is 10.8. The molecule has 0 amide bonds. The molecule has 7 nitrogen and oxygen atoms in total. The highest BCUT2D eigenvalue weighted by molar-refractivity contribution is 6.00. The van der Waals surface area contributed by atoms with Gasteiger partial charge in [0.1, 0.15) is 12.1 Å². The summed E-state index contributed by atoms with van der Waals surface area (Å²) in [6.07, 6.45) is 18.8. The van der Waals surface area contributed by atoms with Crippen LogP contribution in [0.15, 0.2) is 97.1 Å². The number of ether oxygens (including phenoxy) is 1. The topological polar surface area (TPSA) is 103 Å². The van der Waals surface area contributed by atoms with Crippen LogP contribution in [0.5, 0.6) is 0 Å². The number of hydrogen-bond acceptors (Lipinski definition) is 6. The van der Waals surface area contributed by atoms with Crippen LogP contribution in [0.4, 0.5) is 0 Å². The third-order valence-electron chi connectivity index (χ3n) is 7.48. The first-order valence-electron chi connectivity index (χ1n) is 14.2. The van der Waals surface area contributed by atoms with Crippen molar-refractivity contribution in [1.82, 2.24) is 24.9 Å². The van der Waals surface area contributed by atoms with Gasteiger partial charge in [-0.25, -0.2) is 15.0 Å². The maximum Gasteiger partial charge on any atom is 0.163 e. The molecule has 0 radical (unpaired) electrons. The lowest BCUT2D eigenvalue weighted by Gasteiger charge is -2.24. The molecule has 0 atom stereocenters. The number of benzene rings is 1. The van der Waals surface area contributed by atoms with Gasteiger partial charge in [-0.05, 0) is 81.5 Å². The van der Waals surface area contributed by atoms with E-state index in [9.17, 15) is 0 Å². The smallest absolute Gasteiger partial charge is 0.163 e. The fraction of sp³-hybridized carbons (Fsp3) is 0.235. The Morgan fingerprint density at radius 1 is 0.951 bits per heavy atom. The van der Waals surface area contributed by atoms with Crippen LogP contribution in [0, 0.1) is 0 Å². The van der Waals surface area contributed by atoms with Crippen molar-refractivity contribution in [2.24, 2.45) is 5.73 Å². The summed E-state index contributed by atoms with van der Waals surface area (Å²) in [5, 5.41) is 1.94. The molecule has 206 valence electrons. The molecule has 0 spiro atoms. The number of nitrogens with two attached hydrogens (primary N) is 1. The molecule has 4 aromatic heterocycles. The SMILES string of the molecule is CC(C)=C/C(=C\C(=C/N)c1cnc2ncnc(-c3cc4c(-c5cccnc5)cccc4[nH]3)c2c1)OC1CCCCC1. The minimum absolute atomic E-state index is 0.234. The zero-order valence-corrected chi connectivity index (χ0v) is 23.5. The Kier molecular flexibility index (Phi) is 7.58. The van der Waals surface area contributed by atoms with Gasteiger partial charge >= 0.3 is 0 Å². The minimum Gasteiger partial charge on any atom is -0.490 e. The maximum absolute atomic E-state index is 6.45. The van der Waals surface area contributed by atoms with Crippen LogP contribution in [-0.4, -0.2) is 31.0 Å². The average Bonchev–Trinajstić information content (AvgIpc) is 3.44. The van der Waals surface area contributed by atoms with Gasteiger partial charge in [-0.15, -0.1) is 0 Å². The van der Waals surface area contributed by atoms with Crippen molar-refractivity contribution >= 4 is 27.5 Å². The zero-order chi connectivity index (χ0) is 28.2.